The van der Waals surface area contributed by atoms with Crippen LogP contribution in [0.3, 0.4) is 0 Å². The van der Waals surface area contributed by atoms with Gasteiger partial charge in [0.15, 0.2) is 0 Å². The van der Waals surface area contributed by atoms with E-state index in [1.165, 1.54) is 0 Å². The first kappa shape index (κ1) is 14.8. The number of anilines is 1. The molecule has 0 aliphatic carbocycles. The first-order valence-corrected chi connectivity index (χ1v) is 7.27. The van der Waals surface area contributed by atoms with Crippen molar-refractivity contribution in [2.45, 2.75) is 44.8 Å². The molecule has 0 spiro atoms. The van der Waals surface area contributed by atoms with E-state index in [1.54, 1.807) is 13.0 Å². The highest BCUT2D eigenvalue weighted by Gasteiger charge is 2.24. The van der Waals surface area contributed by atoms with Gasteiger partial charge in [-0.3, -0.25) is 0 Å². The lowest BCUT2D eigenvalue weighted by Gasteiger charge is -2.33. The summed E-state index contributed by atoms with van der Waals surface area (Å²) in [6.45, 7) is 2.70. The molecule has 0 amide bonds. The molecular weight excluding hydrogens is 252 g/mol. The maximum absolute atomic E-state index is 9.96. The van der Waals surface area contributed by atoms with Gasteiger partial charge in [0.05, 0.1) is 30.4 Å². The number of aliphatic hydroxyl groups excluding tert-OH is 2. The molecule has 20 heavy (non-hydrogen) atoms. The minimum Gasteiger partial charge on any atom is -0.394 e. The van der Waals surface area contributed by atoms with E-state index in [-0.39, 0.29) is 12.6 Å². The van der Waals surface area contributed by atoms with Crippen LogP contribution in [-0.4, -0.2) is 29.4 Å². The first-order valence-electron chi connectivity index (χ1n) is 7.27. The zero-order valence-electron chi connectivity index (χ0n) is 11.9. The van der Waals surface area contributed by atoms with Crippen LogP contribution >= 0.6 is 0 Å². The Labute approximate surface area is 120 Å². The summed E-state index contributed by atoms with van der Waals surface area (Å²) in [7, 11) is 0. The highest BCUT2D eigenvalue weighted by molar-refractivity contribution is 5.59. The van der Waals surface area contributed by atoms with Gasteiger partial charge in [0.25, 0.3) is 0 Å². The maximum atomic E-state index is 9.96. The molecule has 1 aromatic rings. The molecule has 2 N–H and O–H groups in total. The van der Waals surface area contributed by atoms with Crippen molar-refractivity contribution < 1.29 is 10.2 Å². The van der Waals surface area contributed by atoms with Gasteiger partial charge >= 0.3 is 0 Å². The van der Waals surface area contributed by atoms with Crippen molar-refractivity contribution in [2.24, 2.45) is 0 Å². The van der Waals surface area contributed by atoms with Crippen molar-refractivity contribution in [1.82, 2.24) is 0 Å². The molecule has 1 aliphatic rings. The van der Waals surface area contributed by atoms with Crippen LogP contribution in [0.15, 0.2) is 18.2 Å². The van der Waals surface area contributed by atoms with Gasteiger partial charge in [-0.15, -0.1) is 0 Å². The number of hydrogen-bond donors (Lipinski definition) is 2. The second-order valence-electron chi connectivity index (χ2n) is 5.44. The topological polar surface area (TPSA) is 67.5 Å². The zero-order valence-corrected chi connectivity index (χ0v) is 11.9. The summed E-state index contributed by atoms with van der Waals surface area (Å²) < 4.78 is 0. The first-order chi connectivity index (χ1) is 9.67. The van der Waals surface area contributed by atoms with Crippen LogP contribution in [-0.2, 0) is 0 Å². The molecule has 108 valence electrons. The lowest BCUT2D eigenvalue weighted by molar-refractivity contribution is 0.199. The normalized spacial score (nSPS) is 21.1. The average molecular weight is 274 g/mol. The predicted octanol–water partition coefficient (Wildman–Crippen LogP) is 2.35. The third kappa shape index (κ3) is 3.12. The Morgan fingerprint density at radius 2 is 2.20 bits per heavy atom. The molecule has 1 fully saturated rings. The molecule has 0 saturated carbocycles. The van der Waals surface area contributed by atoms with Gasteiger partial charge in [0.2, 0.25) is 0 Å². The summed E-state index contributed by atoms with van der Waals surface area (Å²) in [6.07, 6.45) is 3.72. The van der Waals surface area contributed by atoms with Gasteiger partial charge in [-0.05, 0) is 31.9 Å². The number of rotatable bonds is 3. The van der Waals surface area contributed by atoms with Crippen molar-refractivity contribution in [2.75, 3.05) is 18.1 Å². The lowest BCUT2D eigenvalue weighted by Crippen LogP contribution is -2.38. The number of aliphatic hydroxyl groups is 2. The predicted molar refractivity (Wildman–Crippen MR) is 78.5 cm³/mol. The van der Waals surface area contributed by atoms with Gasteiger partial charge in [-0.1, -0.05) is 18.9 Å². The fourth-order valence-corrected chi connectivity index (χ4v) is 2.90. The van der Waals surface area contributed by atoms with E-state index >= 15 is 0 Å². The summed E-state index contributed by atoms with van der Waals surface area (Å²) in [5.74, 6) is 0. The minimum atomic E-state index is -0.583. The molecule has 1 saturated heterocycles. The van der Waals surface area contributed by atoms with Crippen molar-refractivity contribution in [3.8, 4) is 6.07 Å². The Morgan fingerprint density at radius 3 is 2.85 bits per heavy atom. The standard InChI is InChI=1S/C16H22N2O2/c1-12(20)15-7-6-13(10-17)9-16(15)18-8-4-2-3-5-14(18)11-19/h6-7,9,12,14,19-20H,2-5,8,11H2,1H3/t12-,14?/m0/s1. The summed E-state index contributed by atoms with van der Waals surface area (Å²) >= 11 is 0. The van der Waals surface area contributed by atoms with E-state index < -0.39 is 6.10 Å². The highest BCUT2D eigenvalue weighted by Crippen LogP contribution is 2.31. The van der Waals surface area contributed by atoms with Crippen LogP contribution in [0.1, 0.15) is 49.8 Å². The van der Waals surface area contributed by atoms with Crippen molar-refractivity contribution in [3.05, 3.63) is 29.3 Å². The van der Waals surface area contributed by atoms with Gasteiger partial charge in [-0.25, -0.2) is 0 Å². The minimum absolute atomic E-state index is 0.0731. The number of nitrogens with zero attached hydrogens (tertiary/aromatic N) is 2. The van der Waals surface area contributed by atoms with Gasteiger partial charge < -0.3 is 15.1 Å². The number of benzene rings is 1. The van der Waals surface area contributed by atoms with Crippen LogP contribution < -0.4 is 4.90 Å². The van der Waals surface area contributed by atoms with E-state index in [1.807, 2.05) is 12.1 Å². The monoisotopic (exact) mass is 274 g/mol. The molecule has 1 heterocycles. The third-order valence-corrected chi connectivity index (χ3v) is 4.01. The van der Waals surface area contributed by atoms with Crippen LogP contribution in [0, 0.1) is 11.3 Å². The molecule has 4 heteroatoms. The molecule has 1 unspecified atom stereocenters. The highest BCUT2D eigenvalue weighted by atomic mass is 16.3. The molecule has 0 aromatic heterocycles. The Kier molecular flexibility index (Phi) is 4.99. The number of nitriles is 1. The van der Waals surface area contributed by atoms with Crippen LogP contribution in [0.25, 0.3) is 0 Å². The Morgan fingerprint density at radius 1 is 1.40 bits per heavy atom. The van der Waals surface area contributed by atoms with Gasteiger partial charge in [-0.2, -0.15) is 5.26 Å². The van der Waals surface area contributed by atoms with Gasteiger partial charge in [0.1, 0.15) is 0 Å². The van der Waals surface area contributed by atoms with Crippen molar-refractivity contribution in [3.63, 3.8) is 0 Å². The Hall–Kier alpha value is -1.57. The fourth-order valence-electron chi connectivity index (χ4n) is 2.90. The summed E-state index contributed by atoms with van der Waals surface area (Å²) in [5.41, 5.74) is 2.30. The SMILES string of the molecule is C[C@H](O)c1ccc(C#N)cc1N1CCCCCC1CO. The van der Waals surface area contributed by atoms with E-state index in [4.69, 9.17) is 5.26 Å². The Balaban J connectivity index is 2.44. The number of hydrogen-bond acceptors (Lipinski definition) is 4. The molecule has 2 atom stereocenters. The smallest absolute Gasteiger partial charge is 0.0992 e. The van der Waals surface area contributed by atoms with E-state index in [0.29, 0.717) is 5.56 Å². The molecule has 0 radical (unpaired) electrons. The third-order valence-electron chi connectivity index (χ3n) is 4.01. The van der Waals surface area contributed by atoms with E-state index in [2.05, 4.69) is 11.0 Å². The zero-order chi connectivity index (χ0) is 14.5. The molecule has 4 nitrogen and oxygen atoms in total. The quantitative estimate of drug-likeness (QED) is 0.888. The van der Waals surface area contributed by atoms with E-state index in [9.17, 15) is 10.2 Å². The van der Waals surface area contributed by atoms with E-state index in [0.717, 1.165) is 43.5 Å². The van der Waals surface area contributed by atoms with Crippen LogP contribution in [0.5, 0.6) is 0 Å². The average Bonchev–Trinajstić information content (AvgIpc) is 2.71. The summed E-state index contributed by atoms with van der Waals surface area (Å²) in [4.78, 5) is 2.16. The fraction of sp³-hybridized carbons (Fsp3) is 0.562. The molecule has 1 aromatic carbocycles. The van der Waals surface area contributed by atoms with Gasteiger partial charge in [0, 0.05) is 17.8 Å². The van der Waals surface area contributed by atoms with Crippen molar-refractivity contribution >= 4 is 5.69 Å². The second kappa shape index (κ2) is 6.74. The Bertz CT molecular complexity index is 494. The van der Waals surface area contributed by atoms with Crippen LogP contribution in [0.2, 0.25) is 0 Å². The molecule has 2 rings (SSSR count). The summed E-state index contributed by atoms with van der Waals surface area (Å²) in [5, 5.41) is 28.7. The maximum Gasteiger partial charge on any atom is 0.0992 e. The largest absolute Gasteiger partial charge is 0.394 e. The molecular formula is C16H22N2O2. The van der Waals surface area contributed by atoms with Crippen molar-refractivity contribution in [1.29, 1.82) is 5.26 Å². The summed E-state index contributed by atoms with van der Waals surface area (Å²) in [6, 6.07) is 7.60. The second-order valence-corrected chi connectivity index (χ2v) is 5.44. The van der Waals surface area contributed by atoms with Crippen LogP contribution in [0.4, 0.5) is 5.69 Å². The molecule has 1 aliphatic heterocycles. The lowest BCUT2D eigenvalue weighted by atomic mass is 10.0. The molecule has 0 bridgehead atoms.